The maximum Gasteiger partial charge on any atom is 0.416 e. The minimum atomic E-state index is -4.35. The van der Waals surface area contributed by atoms with Crippen LogP contribution in [0.25, 0.3) is 10.6 Å². The number of hydrogen-bond donors (Lipinski definition) is 0. The van der Waals surface area contributed by atoms with Crippen molar-refractivity contribution in [3.05, 3.63) is 64.2 Å². The number of aryl methyl sites for hydroxylation is 1. The molecule has 2 aromatic carbocycles. The largest absolute Gasteiger partial charge is 0.476 e. The molecule has 0 atom stereocenters. The topological polar surface area (TPSA) is 51.7 Å². The smallest absolute Gasteiger partial charge is 0.416 e. The van der Waals surface area contributed by atoms with E-state index in [9.17, 15) is 18.0 Å². The second-order valence-corrected chi connectivity index (χ2v) is 10.3. The number of carbonyl (C=O) groups is 1. The molecule has 0 spiro atoms. The van der Waals surface area contributed by atoms with Gasteiger partial charge in [-0.3, -0.25) is 0 Å². The van der Waals surface area contributed by atoms with E-state index in [2.05, 4.69) is 9.88 Å². The van der Waals surface area contributed by atoms with Gasteiger partial charge in [0.15, 0.2) is 5.60 Å². The Morgan fingerprint density at radius 2 is 1.86 bits per heavy atom. The zero-order valence-corrected chi connectivity index (χ0v) is 21.6. The molecule has 0 fully saturated rings. The normalized spacial score (nSPS) is 13.6. The fraction of sp³-hybridized carbons (Fsp3) is 0.407. The number of ether oxygens (including phenoxy) is 2. The average molecular weight is 519 g/mol. The molecule has 0 N–H and O–H groups in total. The molecule has 0 bridgehead atoms. The van der Waals surface area contributed by atoms with Gasteiger partial charge in [0.25, 0.3) is 0 Å². The SMILES string of the molecule is CCOC(=O)C(C)(C)Oc1ccc2c(c1)N(CCc1sc(-c3ccc(C(F)(F)F)cc3)nc1C)CC2. The van der Waals surface area contributed by atoms with E-state index >= 15 is 0 Å². The van der Waals surface area contributed by atoms with Gasteiger partial charge in [0.1, 0.15) is 10.8 Å². The number of nitrogens with zero attached hydrogens (tertiary/aromatic N) is 2. The molecule has 36 heavy (non-hydrogen) atoms. The first kappa shape index (κ1) is 26.0. The van der Waals surface area contributed by atoms with Crippen LogP contribution in [0.5, 0.6) is 5.75 Å². The number of carbonyl (C=O) groups excluding carboxylic acids is 1. The molecule has 0 saturated carbocycles. The lowest BCUT2D eigenvalue weighted by molar-refractivity contribution is -0.158. The number of esters is 1. The second-order valence-electron chi connectivity index (χ2n) is 9.21. The maximum absolute atomic E-state index is 12.9. The zero-order chi connectivity index (χ0) is 26.1. The molecule has 9 heteroatoms. The molecule has 0 radical (unpaired) electrons. The van der Waals surface area contributed by atoms with E-state index < -0.39 is 23.3 Å². The molecular weight excluding hydrogens is 489 g/mol. The number of rotatable bonds is 8. The molecule has 1 aliphatic heterocycles. The fourth-order valence-electron chi connectivity index (χ4n) is 4.18. The molecule has 3 aromatic rings. The number of halogens is 3. The van der Waals surface area contributed by atoms with Crippen molar-refractivity contribution in [1.82, 2.24) is 4.98 Å². The van der Waals surface area contributed by atoms with Crippen molar-refractivity contribution in [2.45, 2.75) is 52.3 Å². The Balaban J connectivity index is 1.44. The summed E-state index contributed by atoms with van der Waals surface area (Å²) < 4.78 is 49.7. The van der Waals surface area contributed by atoms with E-state index in [1.165, 1.54) is 29.0 Å². The number of anilines is 1. The number of aromatic nitrogens is 1. The van der Waals surface area contributed by atoms with Crippen LogP contribution in [0.3, 0.4) is 0 Å². The average Bonchev–Trinajstić information content (AvgIpc) is 3.39. The van der Waals surface area contributed by atoms with Crippen molar-refractivity contribution in [3.63, 3.8) is 0 Å². The summed E-state index contributed by atoms with van der Waals surface area (Å²) in [4.78, 5) is 20.2. The van der Waals surface area contributed by atoms with Crippen LogP contribution < -0.4 is 9.64 Å². The van der Waals surface area contributed by atoms with Crippen LogP contribution in [0.1, 0.15) is 42.5 Å². The number of alkyl halides is 3. The van der Waals surface area contributed by atoms with Crippen molar-refractivity contribution < 1.29 is 27.4 Å². The minimum Gasteiger partial charge on any atom is -0.476 e. The van der Waals surface area contributed by atoms with E-state index in [4.69, 9.17) is 9.47 Å². The quantitative estimate of drug-likeness (QED) is 0.320. The summed E-state index contributed by atoms with van der Waals surface area (Å²) in [5, 5.41) is 0.718. The van der Waals surface area contributed by atoms with Crippen LogP contribution in [-0.4, -0.2) is 36.3 Å². The molecule has 192 valence electrons. The van der Waals surface area contributed by atoms with Crippen molar-refractivity contribution in [3.8, 4) is 16.3 Å². The van der Waals surface area contributed by atoms with Crippen molar-refractivity contribution >= 4 is 23.0 Å². The lowest BCUT2D eigenvalue weighted by atomic mass is 10.1. The predicted molar refractivity (Wildman–Crippen MR) is 135 cm³/mol. The number of thiazole rings is 1. The van der Waals surface area contributed by atoms with Gasteiger partial charge in [-0.05, 0) is 57.9 Å². The van der Waals surface area contributed by atoms with Gasteiger partial charge in [-0.1, -0.05) is 18.2 Å². The molecule has 5 nitrogen and oxygen atoms in total. The van der Waals surface area contributed by atoms with Gasteiger partial charge in [-0.15, -0.1) is 11.3 Å². The fourth-order valence-corrected chi connectivity index (χ4v) is 5.24. The summed E-state index contributed by atoms with van der Waals surface area (Å²) in [6.07, 6.45) is -2.66. The van der Waals surface area contributed by atoms with Crippen LogP contribution in [0.15, 0.2) is 42.5 Å². The molecule has 0 saturated heterocycles. The van der Waals surface area contributed by atoms with E-state index in [-0.39, 0.29) is 0 Å². The van der Waals surface area contributed by atoms with Crippen LogP contribution in [0.4, 0.5) is 18.9 Å². The summed E-state index contributed by atoms with van der Waals surface area (Å²) in [6, 6.07) is 11.0. The minimum absolute atomic E-state index is 0.293. The van der Waals surface area contributed by atoms with Crippen molar-refractivity contribution in [1.29, 1.82) is 0 Å². The standard InChI is InChI=1S/C27H29F3N2O3S/c1-5-34-25(33)26(3,4)35-21-11-8-18-12-14-32(22(18)16-21)15-13-23-17(2)31-24(36-23)19-6-9-20(10-7-19)27(28,29)30/h6-11,16H,5,12-15H2,1-4H3. The Morgan fingerprint density at radius 3 is 2.53 bits per heavy atom. The Labute approximate surface area is 212 Å². The van der Waals surface area contributed by atoms with Gasteiger partial charge in [0, 0.05) is 41.7 Å². The predicted octanol–water partition coefficient (Wildman–Crippen LogP) is 6.46. The number of benzene rings is 2. The first-order valence-corrected chi connectivity index (χ1v) is 12.7. The highest BCUT2D eigenvalue weighted by Crippen LogP contribution is 2.35. The molecular formula is C27H29F3N2O3S. The Hall–Kier alpha value is -3.07. The van der Waals surface area contributed by atoms with Gasteiger partial charge in [-0.25, -0.2) is 9.78 Å². The van der Waals surface area contributed by atoms with E-state index in [1.807, 2.05) is 25.1 Å². The lowest BCUT2D eigenvalue weighted by Crippen LogP contribution is -2.39. The second kappa shape index (κ2) is 10.1. The third-order valence-electron chi connectivity index (χ3n) is 6.15. The highest BCUT2D eigenvalue weighted by molar-refractivity contribution is 7.15. The van der Waals surface area contributed by atoms with Gasteiger partial charge in [-0.2, -0.15) is 13.2 Å². The Morgan fingerprint density at radius 1 is 1.14 bits per heavy atom. The number of hydrogen-bond acceptors (Lipinski definition) is 6. The molecule has 0 amide bonds. The molecule has 4 rings (SSSR count). The lowest BCUT2D eigenvalue weighted by Gasteiger charge is -2.25. The summed E-state index contributed by atoms with van der Waals surface area (Å²) in [6.45, 7) is 9.02. The Kier molecular flexibility index (Phi) is 7.31. The van der Waals surface area contributed by atoms with Gasteiger partial charge < -0.3 is 14.4 Å². The summed E-state index contributed by atoms with van der Waals surface area (Å²) >= 11 is 1.51. The maximum atomic E-state index is 12.9. The van der Waals surface area contributed by atoms with Gasteiger partial charge in [0.05, 0.1) is 17.9 Å². The van der Waals surface area contributed by atoms with Crippen LogP contribution >= 0.6 is 11.3 Å². The van der Waals surface area contributed by atoms with E-state index in [0.29, 0.717) is 17.9 Å². The third-order valence-corrected chi connectivity index (χ3v) is 7.42. The zero-order valence-electron chi connectivity index (χ0n) is 20.7. The first-order chi connectivity index (χ1) is 17.0. The highest BCUT2D eigenvalue weighted by Gasteiger charge is 2.32. The van der Waals surface area contributed by atoms with Crippen molar-refractivity contribution in [2.75, 3.05) is 24.6 Å². The van der Waals surface area contributed by atoms with Crippen molar-refractivity contribution in [2.24, 2.45) is 0 Å². The third kappa shape index (κ3) is 5.67. The summed E-state index contributed by atoms with van der Waals surface area (Å²) in [5.74, 6) is 0.198. The van der Waals surface area contributed by atoms with Crippen LogP contribution in [-0.2, 0) is 28.5 Å². The molecule has 0 aliphatic carbocycles. The summed E-state index contributed by atoms with van der Waals surface area (Å²) in [5.41, 5.74) is 2.12. The molecule has 1 aromatic heterocycles. The van der Waals surface area contributed by atoms with E-state index in [0.717, 1.165) is 59.3 Å². The molecule has 0 unspecified atom stereocenters. The first-order valence-electron chi connectivity index (χ1n) is 11.9. The van der Waals surface area contributed by atoms with E-state index in [1.54, 1.807) is 20.8 Å². The molecule has 1 aliphatic rings. The van der Waals surface area contributed by atoms with Crippen LogP contribution in [0, 0.1) is 6.92 Å². The summed E-state index contributed by atoms with van der Waals surface area (Å²) in [7, 11) is 0. The highest BCUT2D eigenvalue weighted by atomic mass is 32.1. The number of fused-ring (bicyclic) bond motifs is 1. The van der Waals surface area contributed by atoms with Gasteiger partial charge in [0.2, 0.25) is 0 Å². The monoisotopic (exact) mass is 518 g/mol. The van der Waals surface area contributed by atoms with Gasteiger partial charge >= 0.3 is 12.1 Å². The Bertz CT molecular complexity index is 1240. The van der Waals surface area contributed by atoms with Crippen LogP contribution in [0.2, 0.25) is 0 Å². The molecule has 2 heterocycles.